The van der Waals surface area contributed by atoms with E-state index in [0.717, 1.165) is 0 Å². The minimum absolute atomic E-state index is 0. The number of rotatable bonds is 2. The minimum atomic E-state index is -9.84. The molecule has 0 spiro atoms. The van der Waals surface area contributed by atoms with Crippen LogP contribution in [0.1, 0.15) is 0 Å². The SMILES string of the molecule is [Mn+2].[O]=[Cr](=[O])([O-])[O][Cr](=[O])(=[O])(=[O])(=[O])[O-]. The third kappa shape index (κ3) is 12.9. The first-order valence-electron chi connectivity index (χ1n) is 1.67. The molecule has 0 N–H and O–H groups in total. The number of hydrogen-bond donors (Lipinski definition) is 0. The molecule has 0 aliphatic rings. The Morgan fingerprint density at radius 2 is 1.33 bits per heavy atom. The van der Waals surface area contributed by atoms with Crippen molar-refractivity contribution in [2.75, 3.05) is 0 Å². The van der Waals surface area contributed by atoms with Gasteiger partial charge >= 0.3 is 76.0 Å². The molecule has 1 radical (unpaired) electrons. The summed E-state index contributed by atoms with van der Waals surface area (Å²) in [4.78, 5) is 0. The first-order valence-corrected chi connectivity index (χ1v) is 6.87. The van der Waals surface area contributed by atoms with Crippen LogP contribution in [0.2, 0.25) is 0 Å². The molecule has 73 valence electrons. The fourth-order valence-corrected chi connectivity index (χ4v) is 2.89. The Morgan fingerprint density at radius 1 is 1.08 bits per heavy atom. The van der Waals surface area contributed by atoms with Gasteiger partial charge in [0, 0.05) is 0 Å². The van der Waals surface area contributed by atoms with Crippen LogP contribution in [0.5, 0.6) is 0 Å². The van der Waals surface area contributed by atoms with E-state index in [0.29, 0.717) is 0 Å². The van der Waals surface area contributed by atoms with Crippen molar-refractivity contribution in [3.8, 4) is 0 Å². The quantitative estimate of drug-likeness (QED) is 0.479. The second-order valence-corrected chi connectivity index (χ2v) is 7.05. The Bertz CT molecular complexity index is 544. The predicted molar refractivity (Wildman–Crippen MR) is 5.20 cm³/mol. The van der Waals surface area contributed by atoms with E-state index in [2.05, 4.69) is 0 Å². The summed E-state index contributed by atoms with van der Waals surface area (Å²) in [6.45, 7) is 0. The molecule has 0 saturated heterocycles. The summed E-state index contributed by atoms with van der Waals surface area (Å²) >= 11 is -16.7. The molecule has 0 aromatic rings. The van der Waals surface area contributed by atoms with Crippen molar-refractivity contribution in [1.29, 1.82) is 0 Å². The van der Waals surface area contributed by atoms with Gasteiger partial charge in [0.1, 0.15) is 0 Å². The molecule has 0 aliphatic heterocycles. The molecule has 0 fully saturated rings. The van der Waals surface area contributed by atoms with Crippen molar-refractivity contribution in [2.24, 2.45) is 0 Å². The molecule has 0 unspecified atom stereocenters. The molecule has 0 aliphatic carbocycles. The van der Waals surface area contributed by atoms with Gasteiger partial charge in [0.25, 0.3) is 0 Å². The van der Waals surface area contributed by atoms with E-state index in [1.807, 2.05) is 2.84 Å². The fourth-order valence-electron chi connectivity index (χ4n) is 0.170. The molecule has 0 aromatic carbocycles. The van der Waals surface area contributed by atoms with Crippen molar-refractivity contribution < 1.29 is 76.0 Å². The normalized spacial score (nSPS) is 15.5. The van der Waals surface area contributed by atoms with Gasteiger partial charge in [-0.05, 0) is 0 Å². The molecule has 0 aromatic heterocycles. The average molecular weight is 303 g/mol. The first kappa shape index (κ1) is 14.8. The van der Waals surface area contributed by atoms with E-state index in [4.69, 9.17) is 0 Å². The van der Waals surface area contributed by atoms with Gasteiger partial charge in [0.05, 0.1) is 0 Å². The van der Waals surface area contributed by atoms with Crippen LogP contribution >= 0.6 is 0 Å². The third-order valence-corrected chi connectivity index (χ3v) is 3.78. The van der Waals surface area contributed by atoms with Gasteiger partial charge in [-0.15, -0.1) is 0 Å². The Hall–Kier alpha value is 0.264. The maximum atomic E-state index is 9.43. The zero-order chi connectivity index (χ0) is 9.62. The molecule has 0 saturated carbocycles. The summed E-state index contributed by atoms with van der Waals surface area (Å²) in [7, 11) is 0. The van der Waals surface area contributed by atoms with Crippen molar-refractivity contribution >= 4 is 0 Å². The summed E-state index contributed by atoms with van der Waals surface area (Å²) in [5.41, 5.74) is 0. The van der Waals surface area contributed by atoms with Crippen molar-refractivity contribution in [1.82, 2.24) is 0 Å². The maximum absolute atomic E-state index is 9.84. The van der Waals surface area contributed by atoms with Crippen molar-refractivity contribution in [3.63, 3.8) is 0 Å². The summed E-state index contributed by atoms with van der Waals surface area (Å²) in [6.07, 6.45) is 0. The van der Waals surface area contributed by atoms with Gasteiger partial charge in [0.2, 0.25) is 0 Å². The average Bonchev–Trinajstić information content (AvgIpc) is 1.05. The van der Waals surface area contributed by atoms with E-state index in [1.165, 1.54) is 0 Å². The van der Waals surface area contributed by atoms with Crippen molar-refractivity contribution in [3.05, 3.63) is 0 Å². The van der Waals surface area contributed by atoms with Gasteiger partial charge in [-0.3, -0.25) is 0 Å². The summed E-state index contributed by atoms with van der Waals surface area (Å²) in [5.74, 6) is 0. The Kier molecular flexibility index (Phi) is 2.95. The molecule has 0 atom stereocenters. The van der Waals surface area contributed by atoms with E-state index in [1.54, 1.807) is 0 Å². The van der Waals surface area contributed by atoms with Crippen LogP contribution in [0, 0.1) is 0 Å². The zero-order valence-electron chi connectivity index (χ0n) is 4.87. The van der Waals surface area contributed by atoms with Gasteiger partial charge < -0.3 is 0 Å². The first-order chi connectivity index (χ1) is 4.18. The topological polar surface area (TPSA) is 158 Å². The molecule has 0 heterocycles. The third-order valence-electron chi connectivity index (χ3n) is 0.222. The van der Waals surface area contributed by atoms with Crippen LogP contribution in [-0.2, 0) is 67.7 Å². The summed E-state index contributed by atoms with van der Waals surface area (Å²) in [5, 5.41) is 0. The van der Waals surface area contributed by atoms with Gasteiger partial charge in [-0.1, -0.05) is 0 Å². The molecule has 12 heavy (non-hydrogen) atoms. The van der Waals surface area contributed by atoms with Crippen molar-refractivity contribution in [2.45, 2.75) is 0 Å². The molecular formula is Cr2MnO9. The molecule has 0 rings (SSSR count). The fraction of sp³-hybridized carbons (Fsp3) is 0. The van der Waals surface area contributed by atoms with Crippen LogP contribution in [0.15, 0.2) is 0 Å². The van der Waals surface area contributed by atoms with Gasteiger partial charge in [-0.2, -0.15) is 0 Å². The van der Waals surface area contributed by atoms with E-state index >= 15 is 0 Å². The Balaban J connectivity index is 0. The summed E-state index contributed by atoms with van der Waals surface area (Å²) < 4.78 is 77.2. The molecular weight excluding hydrogens is 303 g/mol. The standard InChI is InChI=1S/2Cr.Mn.9O/q;;+2;;;;;;;;2*-1. The van der Waals surface area contributed by atoms with Crippen LogP contribution in [-0.4, -0.2) is 0 Å². The van der Waals surface area contributed by atoms with Crippen LogP contribution in [0.25, 0.3) is 0 Å². The van der Waals surface area contributed by atoms with Crippen LogP contribution in [0.4, 0.5) is 0 Å². The Morgan fingerprint density at radius 3 is 1.33 bits per heavy atom. The second kappa shape index (κ2) is 2.39. The van der Waals surface area contributed by atoms with Crippen LogP contribution < -0.4 is 8.32 Å². The van der Waals surface area contributed by atoms with E-state index in [-0.39, 0.29) is 17.1 Å². The van der Waals surface area contributed by atoms with E-state index in [9.17, 15) is 31.1 Å². The zero-order valence-corrected chi connectivity index (χ0v) is 8.60. The monoisotopic (exact) mass is 303 g/mol. The van der Waals surface area contributed by atoms with Gasteiger partial charge in [-0.25, -0.2) is 0 Å². The molecule has 0 bridgehead atoms. The second-order valence-electron chi connectivity index (χ2n) is 1.50. The molecule has 0 amide bonds. The molecule has 9 nitrogen and oxygen atoms in total. The van der Waals surface area contributed by atoms with Gasteiger partial charge in [0.15, 0.2) is 0 Å². The molecule has 12 heteroatoms. The van der Waals surface area contributed by atoms with E-state index < -0.39 is 25.0 Å². The van der Waals surface area contributed by atoms with Crippen LogP contribution in [0.3, 0.4) is 0 Å². The predicted octanol–water partition coefficient (Wildman–Crippen LogP) is -3.17. The summed E-state index contributed by atoms with van der Waals surface area (Å²) in [6, 6.07) is 0. The number of hydrogen-bond acceptors (Lipinski definition) is 9. The Labute approximate surface area is 76.0 Å².